The number of thioether (sulfide) groups is 1. The Morgan fingerprint density at radius 3 is 2.49 bits per heavy atom. The Labute approximate surface area is 233 Å². The number of ether oxygens (including phenoxy) is 1. The molecule has 0 bridgehead atoms. The van der Waals surface area contributed by atoms with Gasteiger partial charge in [0.05, 0.1) is 5.57 Å². The number of aryl methyl sites for hydroxylation is 2. The maximum Gasteiger partial charge on any atom is 0.255 e. The molecule has 1 amide bonds. The summed E-state index contributed by atoms with van der Waals surface area (Å²) in [5.41, 5.74) is 6.42. The fourth-order valence-electron chi connectivity index (χ4n) is 4.62. The molecule has 1 unspecified atom stereocenters. The molecule has 0 saturated carbocycles. The topological polar surface area (TPSA) is 81.1 Å². The molecule has 0 fully saturated rings. The third-order valence-electron chi connectivity index (χ3n) is 6.47. The monoisotopic (exact) mass is 539 g/mol. The Hall–Kier alpha value is -4.04. The van der Waals surface area contributed by atoms with E-state index in [-0.39, 0.29) is 5.91 Å². The predicted molar refractivity (Wildman–Crippen MR) is 157 cm³/mol. The first-order chi connectivity index (χ1) is 18.9. The minimum atomic E-state index is -0.444. The van der Waals surface area contributed by atoms with Crippen molar-refractivity contribution in [3.05, 3.63) is 106 Å². The molecule has 0 aliphatic carbocycles. The highest BCUT2D eigenvalue weighted by atomic mass is 32.2. The molecular weight excluding hydrogens is 506 g/mol. The molecule has 1 aromatic heterocycles. The van der Waals surface area contributed by atoms with Crippen LogP contribution >= 0.6 is 11.8 Å². The van der Waals surface area contributed by atoms with Crippen LogP contribution in [-0.2, 0) is 11.4 Å². The molecule has 5 rings (SSSR count). The fourth-order valence-corrected chi connectivity index (χ4v) is 5.31. The zero-order valence-corrected chi connectivity index (χ0v) is 23.5. The first kappa shape index (κ1) is 26.6. The number of carbonyl (C=O) groups excluding carboxylic acids is 1. The van der Waals surface area contributed by atoms with Crippen LogP contribution in [0, 0.1) is 13.8 Å². The lowest BCUT2D eigenvalue weighted by molar-refractivity contribution is -0.113. The summed E-state index contributed by atoms with van der Waals surface area (Å²) in [6, 6.07) is 23.5. The normalized spacial score (nSPS) is 14.5. The Balaban J connectivity index is 1.45. The van der Waals surface area contributed by atoms with Gasteiger partial charge in [0, 0.05) is 17.1 Å². The number of nitrogens with one attached hydrogen (secondary N) is 2. The van der Waals surface area contributed by atoms with E-state index in [1.165, 1.54) is 5.56 Å². The number of hydrogen-bond donors (Lipinski definition) is 2. The van der Waals surface area contributed by atoms with Crippen LogP contribution in [0.4, 0.5) is 11.6 Å². The molecule has 3 aromatic carbocycles. The standard InChI is InChI=1S/C31H33N5O2S/c1-5-16-39-31-34-30-32-22(4)27(29(37)33-25-11-7-9-21(3)18-25)28(36(30)35-31)24-12-14-26(15-13-24)38-19-23-10-6-8-20(2)17-23/h6-15,17-18,28H,5,16,19H2,1-4H3,(H,33,37)(H,32,34,35). The summed E-state index contributed by atoms with van der Waals surface area (Å²) in [6.07, 6.45) is 1.02. The van der Waals surface area contributed by atoms with Crippen LogP contribution in [-0.4, -0.2) is 26.4 Å². The van der Waals surface area contributed by atoms with E-state index in [1.807, 2.05) is 73.1 Å². The van der Waals surface area contributed by atoms with E-state index < -0.39 is 6.04 Å². The number of rotatable bonds is 9. The molecule has 1 aliphatic heterocycles. The van der Waals surface area contributed by atoms with Gasteiger partial charge in [0.2, 0.25) is 11.1 Å². The van der Waals surface area contributed by atoms with Gasteiger partial charge in [-0.25, -0.2) is 4.68 Å². The molecule has 200 valence electrons. The van der Waals surface area contributed by atoms with Crippen LogP contribution in [0.1, 0.15) is 48.6 Å². The molecule has 1 aliphatic rings. The number of anilines is 2. The minimum absolute atomic E-state index is 0.181. The first-order valence-electron chi connectivity index (χ1n) is 13.1. The quantitative estimate of drug-likeness (QED) is 0.225. The summed E-state index contributed by atoms with van der Waals surface area (Å²) in [5.74, 6) is 2.13. The van der Waals surface area contributed by atoms with Gasteiger partial charge in [-0.1, -0.05) is 72.8 Å². The Bertz CT molecular complexity index is 1510. The van der Waals surface area contributed by atoms with Gasteiger partial charge in [-0.15, -0.1) is 5.10 Å². The number of fused-ring (bicyclic) bond motifs is 1. The smallest absolute Gasteiger partial charge is 0.255 e. The molecule has 4 aromatic rings. The van der Waals surface area contributed by atoms with Crippen LogP contribution in [0.3, 0.4) is 0 Å². The Morgan fingerprint density at radius 1 is 1.03 bits per heavy atom. The molecule has 8 heteroatoms. The van der Waals surface area contributed by atoms with Gasteiger partial charge in [0.25, 0.3) is 5.91 Å². The van der Waals surface area contributed by atoms with E-state index in [0.717, 1.165) is 46.0 Å². The van der Waals surface area contributed by atoms with Crippen LogP contribution in [0.15, 0.2) is 89.2 Å². The molecular formula is C31H33N5O2S. The van der Waals surface area contributed by atoms with Gasteiger partial charge >= 0.3 is 0 Å². The van der Waals surface area contributed by atoms with Crippen molar-refractivity contribution < 1.29 is 9.53 Å². The van der Waals surface area contributed by atoms with Crippen molar-refractivity contribution in [1.82, 2.24) is 14.8 Å². The second-order valence-electron chi connectivity index (χ2n) is 9.75. The van der Waals surface area contributed by atoms with E-state index in [0.29, 0.717) is 23.3 Å². The molecule has 7 nitrogen and oxygen atoms in total. The van der Waals surface area contributed by atoms with Crippen molar-refractivity contribution >= 4 is 29.3 Å². The van der Waals surface area contributed by atoms with E-state index in [2.05, 4.69) is 42.7 Å². The number of aromatic nitrogens is 3. The second kappa shape index (κ2) is 11.8. The summed E-state index contributed by atoms with van der Waals surface area (Å²) in [7, 11) is 0. The van der Waals surface area contributed by atoms with Crippen LogP contribution < -0.4 is 15.4 Å². The van der Waals surface area contributed by atoms with Gasteiger partial charge in [-0.05, 0) is 68.1 Å². The molecule has 0 saturated heterocycles. The highest BCUT2D eigenvalue weighted by Gasteiger charge is 2.34. The number of amides is 1. The van der Waals surface area contributed by atoms with Crippen LogP contribution in [0.25, 0.3) is 0 Å². The summed E-state index contributed by atoms with van der Waals surface area (Å²) < 4.78 is 7.87. The lowest BCUT2D eigenvalue weighted by Gasteiger charge is -2.28. The van der Waals surface area contributed by atoms with Gasteiger partial charge < -0.3 is 15.4 Å². The van der Waals surface area contributed by atoms with Crippen molar-refractivity contribution in [2.45, 2.75) is 51.9 Å². The van der Waals surface area contributed by atoms with Crippen molar-refractivity contribution in [3.63, 3.8) is 0 Å². The van der Waals surface area contributed by atoms with Gasteiger partial charge in [0.1, 0.15) is 18.4 Å². The zero-order chi connectivity index (χ0) is 27.4. The third kappa shape index (κ3) is 6.17. The SMILES string of the molecule is CCCSc1nc2n(n1)C(c1ccc(OCc3cccc(C)c3)cc1)C(C(=O)Nc1cccc(C)c1)=C(C)N2. The average molecular weight is 540 g/mol. The van der Waals surface area contributed by atoms with Crippen molar-refractivity contribution in [2.75, 3.05) is 16.4 Å². The zero-order valence-electron chi connectivity index (χ0n) is 22.7. The van der Waals surface area contributed by atoms with Crippen LogP contribution in [0.5, 0.6) is 5.75 Å². The summed E-state index contributed by atoms with van der Waals surface area (Å²) >= 11 is 1.61. The Kier molecular flexibility index (Phi) is 8.02. The lowest BCUT2D eigenvalue weighted by atomic mass is 9.95. The van der Waals surface area contributed by atoms with E-state index >= 15 is 0 Å². The summed E-state index contributed by atoms with van der Waals surface area (Å²) in [6.45, 7) is 8.61. The van der Waals surface area contributed by atoms with Crippen molar-refractivity contribution in [2.24, 2.45) is 0 Å². The highest BCUT2D eigenvalue weighted by molar-refractivity contribution is 7.99. The number of allylic oxidation sites excluding steroid dienone is 1. The van der Waals surface area contributed by atoms with Crippen molar-refractivity contribution in [3.8, 4) is 5.75 Å². The number of hydrogen-bond acceptors (Lipinski definition) is 6. The summed E-state index contributed by atoms with van der Waals surface area (Å²) in [5, 5.41) is 11.9. The third-order valence-corrected chi connectivity index (χ3v) is 7.52. The van der Waals surface area contributed by atoms with Crippen LogP contribution in [0.2, 0.25) is 0 Å². The maximum absolute atomic E-state index is 13.7. The molecule has 0 spiro atoms. The first-order valence-corrected chi connectivity index (χ1v) is 14.1. The predicted octanol–water partition coefficient (Wildman–Crippen LogP) is 6.90. The lowest BCUT2D eigenvalue weighted by Crippen LogP contribution is -2.31. The minimum Gasteiger partial charge on any atom is -0.489 e. The van der Waals surface area contributed by atoms with Gasteiger partial charge in [-0.2, -0.15) is 4.98 Å². The highest BCUT2D eigenvalue weighted by Crippen LogP contribution is 2.37. The number of carbonyl (C=O) groups is 1. The van der Waals surface area contributed by atoms with Crippen molar-refractivity contribution in [1.29, 1.82) is 0 Å². The second-order valence-corrected chi connectivity index (χ2v) is 10.8. The molecule has 39 heavy (non-hydrogen) atoms. The molecule has 2 heterocycles. The Morgan fingerprint density at radius 2 is 1.77 bits per heavy atom. The molecule has 0 radical (unpaired) electrons. The maximum atomic E-state index is 13.7. The molecule has 1 atom stereocenters. The summed E-state index contributed by atoms with van der Waals surface area (Å²) in [4.78, 5) is 18.4. The number of nitrogens with zero attached hydrogens (tertiary/aromatic N) is 3. The average Bonchev–Trinajstić information content (AvgIpc) is 3.32. The van der Waals surface area contributed by atoms with E-state index in [9.17, 15) is 4.79 Å². The fraction of sp³-hybridized carbons (Fsp3) is 0.258. The van der Waals surface area contributed by atoms with E-state index in [4.69, 9.17) is 14.8 Å². The largest absolute Gasteiger partial charge is 0.489 e. The molecule has 2 N–H and O–H groups in total. The van der Waals surface area contributed by atoms with Gasteiger partial charge in [0.15, 0.2) is 0 Å². The number of benzene rings is 3. The van der Waals surface area contributed by atoms with Gasteiger partial charge in [-0.3, -0.25) is 4.79 Å². The van der Waals surface area contributed by atoms with E-state index in [1.54, 1.807) is 11.8 Å².